The highest BCUT2D eigenvalue weighted by molar-refractivity contribution is 7.80. The second-order valence-corrected chi connectivity index (χ2v) is 8.21. The number of halogens is 2. The minimum Gasteiger partial charge on any atom is -0.329 e. The number of thiocarbonyl (C=S) groups is 1. The van der Waals surface area contributed by atoms with Crippen LogP contribution in [0.2, 0.25) is 5.02 Å². The van der Waals surface area contributed by atoms with Gasteiger partial charge in [0.05, 0.1) is 30.2 Å². The highest BCUT2D eigenvalue weighted by Gasteiger charge is 2.14. The predicted octanol–water partition coefficient (Wildman–Crippen LogP) is 5.39. The summed E-state index contributed by atoms with van der Waals surface area (Å²) in [4.78, 5) is 0. The van der Waals surface area contributed by atoms with E-state index in [2.05, 4.69) is 20.8 Å². The Bertz CT molecular complexity index is 1250. The molecule has 0 unspecified atom stereocenters. The molecule has 0 spiro atoms. The third-order valence-corrected chi connectivity index (χ3v) is 5.61. The number of hydrogen-bond donors (Lipinski definition) is 2. The van der Waals surface area contributed by atoms with E-state index in [1.165, 1.54) is 12.1 Å². The van der Waals surface area contributed by atoms with Crippen molar-refractivity contribution in [1.82, 2.24) is 19.6 Å². The maximum atomic E-state index is 13.2. The number of nitrogens with zero attached hydrogens (tertiary/aromatic N) is 4. The van der Waals surface area contributed by atoms with Gasteiger partial charge in [-0.05, 0) is 55.4 Å². The Balaban J connectivity index is 1.40. The molecule has 0 amide bonds. The predicted molar refractivity (Wildman–Crippen MR) is 130 cm³/mol. The van der Waals surface area contributed by atoms with E-state index in [1.807, 2.05) is 55.1 Å². The Kier molecular flexibility index (Phi) is 6.53. The first-order chi connectivity index (χ1) is 15.4. The Morgan fingerprint density at radius 3 is 2.50 bits per heavy atom. The number of aryl methyl sites for hydroxylation is 1. The number of hydrogen-bond acceptors (Lipinski definition) is 3. The zero-order valence-electron chi connectivity index (χ0n) is 17.6. The van der Waals surface area contributed by atoms with Crippen LogP contribution in [0.5, 0.6) is 0 Å². The summed E-state index contributed by atoms with van der Waals surface area (Å²) in [6, 6.07) is 15.9. The molecule has 4 rings (SSSR count). The molecule has 0 saturated carbocycles. The highest BCUT2D eigenvalue weighted by Crippen LogP contribution is 2.21. The lowest BCUT2D eigenvalue weighted by Gasteiger charge is -2.10. The number of rotatable bonds is 6. The Hall–Kier alpha value is -3.23. The monoisotopic (exact) mass is 468 g/mol. The summed E-state index contributed by atoms with van der Waals surface area (Å²) >= 11 is 11.7. The zero-order chi connectivity index (χ0) is 22.7. The first-order valence-corrected chi connectivity index (χ1v) is 10.8. The molecule has 2 aromatic heterocycles. The molecule has 164 valence electrons. The van der Waals surface area contributed by atoms with E-state index in [4.69, 9.17) is 23.8 Å². The van der Waals surface area contributed by atoms with Crippen LogP contribution in [-0.4, -0.2) is 24.7 Å². The number of anilines is 2. The van der Waals surface area contributed by atoms with Gasteiger partial charge in [0, 0.05) is 17.3 Å². The molecule has 0 aliphatic heterocycles. The van der Waals surface area contributed by atoms with Gasteiger partial charge in [-0.25, -0.2) is 4.39 Å². The van der Waals surface area contributed by atoms with Gasteiger partial charge >= 0.3 is 0 Å². The Labute approximate surface area is 196 Å². The molecule has 0 atom stereocenters. The van der Waals surface area contributed by atoms with Crippen LogP contribution in [-0.2, 0) is 13.1 Å². The lowest BCUT2D eigenvalue weighted by Crippen LogP contribution is -2.20. The fraction of sp³-hybridized carbons (Fsp3) is 0.174. The van der Waals surface area contributed by atoms with Crippen LogP contribution in [0.4, 0.5) is 15.9 Å². The standard InChI is InChI=1S/C23H22ClFN6S/c1-15-22(16(2)31(28-15)13-17-7-9-19(25)10-8-17)27-23(32)26-21-11-12-30(29-21)14-18-5-3-4-6-20(18)24/h3-12H,13-14H2,1-2H3,(H2,26,27,29,32). The molecule has 0 radical (unpaired) electrons. The third-order valence-electron chi connectivity index (χ3n) is 5.04. The van der Waals surface area contributed by atoms with Crippen molar-refractivity contribution in [2.24, 2.45) is 0 Å². The molecule has 2 aromatic carbocycles. The molecule has 2 N–H and O–H groups in total. The van der Waals surface area contributed by atoms with Crippen LogP contribution in [0.1, 0.15) is 22.5 Å². The topological polar surface area (TPSA) is 59.7 Å². The summed E-state index contributed by atoms with van der Waals surface area (Å²) in [6.45, 7) is 4.99. The second kappa shape index (κ2) is 9.50. The van der Waals surface area contributed by atoms with Gasteiger partial charge in [0.1, 0.15) is 5.82 Å². The SMILES string of the molecule is Cc1nn(Cc2ccc(F)cc2)c(C)c1NC(=S)Nc1ccn(Cc2ccccc2Cl)n1. The van der Waals surface area contributed by atoms with Gasteiger partial charge in [-0.1, -0.05) is 41.9 Å². The lowest BCUT2D eigenvalue weighted by molar-refractivity contribution is 0.622. The first-order valence-electron chi connectivity index (χ1n) is 10.0. The van der Waals surface area contributed by atoms with E-state index in [0.29, 0.717) is 29.0 Å². The smallest absolute Gasteiger partial charge is 0.176 e. The van der Waals surface area contributed by atoms with Gasteiger partial charge in [0.15, 0.2) is 10.9 Å². The van der Waals surface area contributed by atoms with Crippen molar-refractivity contribution >= 4 is 40.4 Å². The lowest BCUT2D eigenvalue weighted by atomic mass is 10.2. The summed E-state index contributed by atoms with van der Waals surface area (Å²) in [5.74, 6) is 0.374. The fourth-order valence-electron chi connectivity index (χ4n) is 3.37. The molecule has 0 fully saturated rings. The van der Waals surface area contributed by atoms with Crippen molar-refractivity contribution in [3.63, 3.8) is 0 Å². The van der Waals surface area contributed by atoms with Crippen molar-refractivity contribution in [2.75, 3.05) is 10.6 Å². The maximum absolute atomic E-state index is 13.2. The van der Waals surface area contributed by atoms with Crippen LogP contribution in [0.3, 0.4) is 0 Å². The molecule has 0 aliphatic carbocycles. The van der Waals surface area contributed by atoms with Crippen molar-refractivity contribution in [3.05, 3.63) is 94.1 Å². The van der Waals surface area contributed by atoms with Crippen molar-refractivity contribution in [1.29, 1.82) is 0 Å². The normalized spacial score (nSPS) is 10.9. The second-order valence-electron chi connectivity index (χ2n) is 7.40. The van der Waals surface area contributed by atoms with E-state index in [1.54, 1.807) is 16.8 Å². The third kappa shape index (κ3) is 5.15. The number of benzene rings is 2. The largest absolute Gasteiger partial charge is 0.329 e. The van der Waals surface area contributed by atoms with Crippen molar-refractivity contribution < 1.29 is 4.39 Å². The molecule has 0 aliphatic rings. The molecular formula is C23H22ClFN6S. The van der Waals surface area contributed by atoms with Gasteiger partial charge in [0.2, 0.25) is 0 Å². The quantitative estimate of drug-likeness (QED) is 0.371. The van der Waals surface area contributed by atoms with Crippen LogP contribution in [0.15, 0.2) is 60.8 Å². The van der Waals surface area contributed by atoms with Crippen LogP contribution in [0.25, 0.3) is 0 Å². The van der Waals surface area contributed by atoms with Crippen LogP contribution >= 0.6 is 23.8 Å². The molecular weight excluding hydrogens is 447 g/mol. The van der Waals surface area contributed by atoms with Gasteiger partial charge in [-0.3, -0.25) is 9.36 Å². The minimum absolute atomic E-state index is 0.254. The van der Waals surface area contributed by atoms with Gasteiger partial charge in [-0.2, -0.15) is 10.2 Å². The molecule has 2 heterocycles. The average molecular weight is 469 g/mol. The molecule has 0 bridgehead atoms. The summed E-state index contributed by atoms with van der Waals surface area (Å²) in [5, 5.41) is 16.5. The van der Waals surface area contributed by atoms with Gasteiger partial charge in [-0.15, -0.1) is 0 Å². The molecule has 4 aromatic rings. The van der Waals surface area contributed by atoms with E-state index in [0.717, 1.165) is 28.2 Å². The fourth-order valence-corrected chi connectivity index (χ4v) is 3.78. The zero-order valence-corrected chi connectivity index (χ0v) is 19.2. The van der Waals surface area contributed by atoms with Gasteiger partial charge < -0.3 is 10.6 Å². The summed E-state index contributed by atoms with van der Waals surface area (Å²) in [5.41, 5.74) is 4.54. The van der Waals surface area contributed by atoms with E-state index < -0.39 is 0 Å². The summed E-state index contributed by atoms with van der Waals surface area (Å²) < 4.78 is 16.8. The Morgan fingerprint density at radius 1 is 1.00 bits per heavy atom. The van der Waals surface area contributed by atoms with E-state index in [-0.39, 0.29) is 5.82 Å². The van der Waals surface area contributed by atoms with Crippen molar-refractivity contribution in [2.45, 2.75) is 26.9 Å². The number of nitrogens with one attached hydrogen (secondary N) is 2. The molecule has 0 saturated heterocycles. The first kappa shape index (κ1) is 22.0. The average Bonchev–Trinajstić information content (AvgIpc) is 3.30. The van der Waals surface area contributed by atoms with Crippen LogP contribution < -0.4 is 10.6 Å². The minimum atomic E-state index is -0.254. The molecule has 32 heavy (non-hydrogen) atoms. The summed E-state index contributed by atoms with van der Waals surface area (Å²) in [6.07, 6.45) is 1.87. The molecule has 6 nitrogen and oxygen atoms in total. The van der Waals surface area contributed by atoms with Crippen LogP contribution in [0, 0.1) is 19.7 Å². The van der Waals surface area contributed by atoms with Gasteiger partial charge in [0.25, 0.3) is 0 Å². The highest BCUT2D eigenvalue weighted by atomic mass is 35.5. The molecule has 9 heteroatoms. The number of aromatic nitrogens is 4. The van der Waals surface area contributed by atoms with Crippen molar-refractivity contribution in [3.8, 4) is 0 Å². The summed E-state index contributed by atoms with van der Waals surface area (Å²) in [7, 11) is 0. The van der Waals surface area contributed by atoms with E-state index >= 15 is 0 Å². The maximum Gasteiger partial charge on any atom is 0.176 e. The van der Waals surface area contributed by atoms with E-state index in [9.17, 15) is 4.39 Å². The Morgan fingerprint density at radius 2 is 1.75 bits per heavy atom.